The Morgan fingerprint density at radius 3 is 1.50 bits per heavy atom. The minimum atomic E-state index is -5.61. The minimum Gasteiger partial charge on any atom is -0.825 e. The van der Waals surface area contributed by atoms with Crippen molar-refractivity contribution in [3.63, 3.8) is 0 Å². The summed E-state index contributed by atoms with van der Waals surface area (Å²) >= 11 is 0. The van der Waals surface area contributed by atoms with Crippen molar-refractivity contribution in [2.24, 2.45) is 0 Å². The molecule has 0 aromatic heterocycles. The van der Waals surface area contributed by atoms with Crippen molar-refractivity contribution in [3.8, 4) is 0 Å². The van der Waals surface area contributed by atoms with Gasteiger partial charge < -0.3 is 18.5 Å². The van der Waals surface area contributed by atoms with Crippen molar-refractivity contribution in [1.82, 2.24) is 0 Å². The largest absolute Gasteiger partial charge is 2.00 e. The molecule has 0 aliphatic carbocycles. The zero-order valence-electron chi connectivity index (χ0n) is 2.50. The van der Waals surface area contributed by atoms with Gasteiger partial charge in [0.15, 0.2) is 0 Å². The molecule has 6 heavy (non-hydrogen) atoms. The van der Waals surface area contributed by atoms with Crippen LogP contribution < -0.4 is 9.59 Å². The Kier molecular flexibility index (Phi) is 4.34. The molecule has 1 N–H and O–H groups in total. The number of rotatable bonds is 0. The average molecular weight is 152 g/mol. The first-order valence-corrected chi connectivity index (χ1v) is 2.46. The molecule has 0 bridgehead atoms. The van der Waals surface area contributed by atoms with E-state index >= 15 is 0 Å². The van der Waals surface area contributed by atoms with Crippen LogP contribution in [0.2, 0.25) is 0 Å². The molecule has 38 valence electrons. The van der Waals surface area contributed by atoms with E-state index in [-0.39, 0.29) is 17.1 Å². The van der Waals surface area contributed by atoms with Crippen molar-refractivity contribution in [2.75, 3.05) is 0 Å². The quantitative estimate of drug-likeness (QED) is 0.299. The van der Waals surface area contributed by atoms with Crippen LogP contribution in [-0.2, 0) is 17.1 Å². The third kappa shape index (κ3) is 192. The van der Waals surface area contributed by atoms with Gasteiger partial charge in [0.25, 0.3) is 0 Å². The van der Waals surface area contributed by atoms with E-state index < -0.39 is 9.14 Å². The van der Waals surface area contributed by atoms with E-state index in [1.807, 2.05) is 0 Å². The topological polar surface area (TPSA) is 66.3 Å². The van der Waals surface area contributed by atoms with Crippen molar-refractivity contribution in [2.45, 2.75) is 0 Å². The van der Waals surface area contributed by atoms with E-state index in [0.29, 0.717) is 0 Å². The molecule has 0 aromatic carbocycles. The second-order valence-corrected chi connectivity index (χ2v) is 1.51. The van der Waals surface area contributed by atoms with Crippen molar-refractivity contribution < 1.29 is 35.6 Å². The van der Waals surface area contributed by atoms with Crippen LogP contribution in [0.3, 0.4) is 0 Å². The maximum Gasteiger partial charge on any atom is 2.00 e. The number of hydrogen-bond donors (Lipinski definition) is 1. The molecule has 0 unspecified atom stereocenters. The summed E-state index contributed by atoms with van der Waals surface area (Å²) in [5.74, 6) is 0. The van der Waals surface area contributed by atoms with Crippen LogP contribution in [0.4, 0.5) is 4.11 Å². The molecule has 0 saturated heterocycles. The molecule has 0 aromatic rings. The van der Waals surface area contributed by atoms with Gasteiger partial charge >= 0.3 is 17.1 Å². The predicted octanol–water partition coefficient (Wildman–Crippen LogP) is -2.90. The minimum absolute atomic E-state index is 0. The van der Waals surface area contributed by atoms with Gasteiger partial charge in [0.2, 0.25) is 9.14 Å². The standard InChI is InChI=1S/FHO3Si.Fe/c1-5(2,3)4;/h2H;/q-2;+2. The molecule has 0 aliphatic rings. The SMILES string of the molecule is [Fe+2].[O-][Si]([O-])(O)F. The molecule has 0 fully saturated rings. The Hall–Kier alpha value is 0.546. The third-order valence-electron chi connectivity index (χ3n) is 0. The molecule has 0 heterocycles. The van der Waals surface area contributed by atoms with Crippen molar-refractivity contribution in [3.05, 3.63) is 0 Å². The molecular weight excluding hydrogens is 151 g/mol. The summed E-state index contributed by atoms with van der Waals surface area (Å²) in [6, 6.07) is 0. The fourth-order valence-corrected chi connectivity index (χ4v) is 0. The van der Waals surface area contributed by atoms with Crippen LogP contribution in [0.15, 0.2) is 0 Å². The van der Waals surface area contributed by atoms with Crippen LogP contribution in [-0.4, -0.2) is 13.9 Å². The number of hydrogen-bond acceptors (Lipinski definition) is 3. The molecule has 0 aliphatic heterocycles. The molecule has 0 saturated carbocycles. The van der Waals surface area contributed by atoms with Gasteiger partial charge in [-0.25, -0.2) is 0 Å². The van der Waals surface area contributed by atoms with E-state index in [2.05, 4.69) is 0 Å². The first-order valence-electron chi connectivity index (χ1n) is 0.821. The Morgan fingerprint density at radius 2 is 1.50 bits per heavy atom. The van der Waals surface area contributed by atoms with E-state index in [1.165, 1.54) is 0 Å². The summed E-state index contributed by atoms with van der Waals surface area (Å²) < 4.78 is 10.3. The fourth-order valence-electron chi connectivity index (χ4n) is 0. The summed E-state index contributed by atoms with van der Waals surface area (Å²) in [4.78, 5) is 24.0. The molecule has 3 nitrogen and oxygen atoms in total. The Bertz CT molecular complexity index is 26.3. The smallest absolute Gasteiger partial charge is 0.825 e. The third-order valence-corrected chi connectivity index (χ3v) is 0. The van der Waals surface area contributed by atoms with E-state index in [9.17, 15) is 4.11 Å². The molecule has 0 rings (SSSR count). The van der Waals surface area contributed by atoms with Crippen LogP contribution in [0, 0.1) is 0 Å². The first-order chi connectivity index (χ1) is 2.00. The van der Waals surface area contributed by atoms with Crippen LogP contribution in [0.5, 0.6) is 0 Å². The fraction of sp³-hybridized carbons (Fsp3) is 0. The second kappa shape index (κ2) is 2.68. The van der Waals surface area contributed by atoms with Gasteiger partial charge in [0, 0.05) is 0 Å². The maximum atomic E-state index is 10.3. The van der Waals surface area contributed by atoms with E-state index in [4.69, 9.17) is 14.4 Å². The monoisotopic (exact) mass is 152 g/mol. The number of halogens is 1. The van der Waals surface area contributed by atoms with Gasteiger partial charge in [0.05, 0.1) is 0 Å². The van der Waals surface area contributed by atoms with E-state index in [1.54, 1.807) is 0 Å². The van der Waals surface area contributed by atoms with Crippen molar-refractivity contribution in [1.29, 1.82) is 0 Å². The Labute approximate surface area is 45.4 Å². The predicted molar refractivity (Wildman–Crippen MR) is 9.08 cm³/mol. The van der Waals surface area contributed by atoms with Gasteiger partial charge in [-0.3, -0.25) is 0 Å². The molecule has 0 amide bonds. The van der Waals surface area contributed by atoms with Crippen LogP contribution in [0.1, 0.15) is 0 Å². The zero-order valence-corrected chi connectivity index (χ0v) is 4.60. The second-order valence-electron chi connectivity index (χ2n) is 0.505. The summed E-state index contributed by atoms with van der Waals surface area (Å²) in [7, 11) is -5.61. The molecule has 0 radical (unpaired) electrons. The van der Waals surface area contributed by atoms with Crippen LogP contribution >= 0.6 is 0 Å². The normalized spacial score (nSPS) is 10.0. The summed E-state index contributed by atoms with van der Waals surface area (Å²) in [6.45, 7) is 0. The zero-order chi connectivity index (χ0) is 4.50. The van der Waals surface area contributed by atoms with Gasteiger partial charge in [-0.15, -0.1) is 0 Å². The van der Waals surface area contributed by atoms with Gasteiger partial charge in [-0.05, 0) is 0 Å². The average Bonchev–Trinajstić information content (AvgIpc) is 0.722. The molecular formula is HFFeO3Si. The van der Waals surface area contributed by atoms with Crippen LogP contribution in [0.25, 0.3) is 0 Å². The summed E-state index contributed by atoms with van der Waals surface area (Å²) in [5, 5.41) is 0. The molecule has 0 atom stereocenters. The summed E-state index contributed by atoms with van der Waals surface area (Å²) in [5.41, 5.74) is 0. The van der Waals surface area contributed by atoms with E-state index in [0.717, 1.165) is 0 Å². The molecule has 0 spiro atoms. The van der Waals surface area contributed by atoms with Gasteiger partial charge in [-0.1, -0.05) is 0 Å². The van der Waals surface area contributed by atoms with Gasteiger partial charge in [0.1, 0.15) is 0 Å². The Balaban J connectivity index is 0. The first kappa shape index (κ1) is 9.74. The maximum absolute atomic E-state index is 10.3. The molecule has 6 heteroatoms. The van der Waals surface area contributed by atoms with Crippen molar-refractivity contribution >= 4 is 9.14 Å². The Morgan fingerprint density at radius 1 is 1.50 bits per heavy atom. The summed E-state index contributed by atoms with van der Waals surface area (Å²) in [6.07, 6.45) is 0. The van der Waals surface area contributed by atoms with Gasteiger partial charge in [-0.2, -0.15) is 0 Å².